The van der Waals surface area contributed by atoms with Crippen molar-refractivity contribution >= 4 is 44.6 Å². The van der Waals surface area contributed by atoms with Gasteiger partial charge in [0, 0.05) is 11.8 Å². The maximum atomic E-state index is 11.7. The predicted octanol–water partition coefficient (Wildman–Crippen LogP) is 3.56. The van der Waals surface area contributed by atoms with Crippen LogP contribution in [0.3, 0.4) is 0 Å². The number of carbonyl (C=O) groups excluding carboxylic acids is 1. The van der Waals surface area contributed by atoms with E-state index in [1.54, 1.807) is 30.6 Å². The molecule has 0 saturated heterocycles. The van der Waals surface area contributed by atoms with E-state index in [0.717, 1.165) is 11.0 Å². The Hall–Kier alpha value is -2.28. The van der Waals surface area contributed by atoms with Crippen molar-refractivity contribution in [1.29, 1.82) is 0 Å². The van der Waals surface area contributed by atoms with Gasteiger partial charge in [-0.05, 0) is 40.2 Å². The van der Waals surface area contributed by atoms with Crippen molar-refractivity contribution in [3.63, 3.8) is 0 Å². The van der Waals surface area contributed by atoms with Crippen molar-refractivity contribution < 1.29 is 9.21 Å². The molecule has 19 heavy (non-hydrogen) atoms. The van der Waals surface area contributed by atoms with Gasteiger partial charge in [-0.25, -0.2) is 9.78 Å². The van der Waals surface area contributed by atoms with E-state index in [9.17, 15) is 4.79 Å². The molecule has 0 unspecified atom stereocenters. The molecular formula is C12H9BrN4O2. The predicted molar refractivity (Wildman–Crippen MR) is 75.1 cm³/mol. The molecule has 2 amide bonds. The molecule has 0 radical (unpaired) electrons. The van der Waals surface area contributed by atoms with Crippen LogP contribution in [0.2, 0.25) is 0 Å². The summed E-state index contributed by atoms with van der Waals surface area (Å²) in [6.45, 7) is 0. The highest BCUT2D eigenvalue weighted by atomic mass is 79.9. The van der Waals surface area contributed by atoms with E-state index >= 15 is 0 Å². The highest BCUT2D eigenvalue weighted by Crippen LogP contribution is 2.19. The lowest BCUT2D eigenvalue weighted by atomic mass is 10.3. The van der Waals surface area contributed by atoms with E-state index in [2.05, 4.69) is 36.5 Å². The quantitative estimate of drug-likeness (QED) is 0.675. The molecule has 2 heterocycles. The molecule has 0 aliphatic heterocycles. The maximum absolute atomic E-state index is 11.7. The lowest BCUT2D eigenvalue weighted by Gasteiger charge is -2.05. The number of nitrogens with zero attached hydrogens (tertiary/aromatic N) is 1. The van der Waals surface area contributed by atoms with Crippen molar-refractivity contribution in [2.45, 2.75) is 0 Å². The minimum absolute atomic E-state index is 0.368. The maximum Gasteiger partial charge on any atom is 0.326 e. The normalized spacial score (nSPS) is 10.6. The molecule has 7 heteroatoms. The molecule has 0 aliphatic rings. The Morgan fingerprint density at radius 3 is 2.95 bits per heavy atom. The molecular weight excluding hydrogens is 312 g/mol. The van der Waals surface area contributed by atoms with Gasteiger partial charge < -0.3 is 14.7 Å². The summed E-state index contributed by atoms with van der Waals surface area (Å²) in [6, 6.07) is 8.39. The van der Waals surface area contributed by atoms with Crippen LogP contribution in [0.25, 0.3) is 11.0 Å². The fourth-order valence-electron chi connectivity index (χ4n) is 1.67. The first-order valence-corrected chi connectivity index (χ1v) is 6.26. The van der Waals surface area contributed by atoms with Gasteiger partial charge in [0.15, 0.2) is 4.67 Å². The van der Waals surface area contributed by atoms with Gasteiger partial charge in [-0.2, -0.15) is 0 Å². The number of halogens is 1. The summed E-state index contributed by atoms with van der Waals surface area (Å²) >= 11 is 3.16. The summed E-state index contributed by atoms with van der Waals surface area (Å²) in [7, 11) is 0. The van der Waals surface area contributed by atoms with Crippen LogP contribution in [0.4, 0.5) is 16.4 Å². The fraction of sp³-hybridized carbons (Fsp3) is 0. The Labute approximate surface area is 116 Å². The van der Waals surface area contributed by atoms with E-state index in [1.807, 2.05) is 6.07 Å². The number of carbonyl (C=O) groups is 1. The van der Waals surface area contributed by atoms with Crippen LogP contribution < -0.4 is 10.6 Å². The number of furan rings is 1. The molecule has 3 rings (SSSR count). The van der Waals surface area contributed by atoms with E-state index < -0.39 is 0 Å². The molecule has 1 aromatic carbocycles. The number of fused-ring (bicyclic) bond motifs is 1. The first-order chi connectivity index (χ1) is 9.20. The zero-order chi connectivity index (χ0) is 13.2. The topological polar surface area (TPSA) is 83.0 Å². The number of urea groups is 1. The zero-order valence-corrected chi connectivity index (χ0v) is 11.2. The molecule has 0 saturated carbocycles. The third kappa shape index (κ3) is 2.60. The molecule has 0 spiro atoms. The van der Waals surface area contributed by atoms with Crippen LogP contribution in [0, 0.1) is 0 Å². The van der Waals surface area contributed by atoms with E-state index in [0.29, 0.717) is 16.2 Å². The zero-order valence-electron chi connectivity index (χ0n) is 9.61. The van der Waals surface area contributed by atoms with E-state index in [-0.39, 0.29) is 6.03 Å². The SMILES string of the molecule is O=C(Nc1ccc2nc[nH]c2c1)Nc1ccc(Br)o1. The minimum Gasteiger partial charge on any atom is -0.434 e. The van der Waals surface area contributed by atoms with E-state index in [1.165, 1.54) is 0 Å². The lowest BCUT2D eigenvalue weighted by Crippen LogP contribution is -2.18. The van der Waals surface area contributed by atoms with Crippen molar-refractivity contribution in [1.82, 2.24) is 9.97 Å². The Morgan fingerprint density at radius 1 is 1.26 bits per heavy atom. The van der Waals surface area contributed by atoms with Gasteiger partial charge in [-0.15, -0.1) is 0 Å². The van der Waals surface area contributed by atoms with Gasteiger partial charge in [-0.1, -0.05) is 0 Å². The summed E-state index contributed by atoms with van der Waals surface area (Å²) in [5.41, 5.74) is 2.37. The molecule has 3 aromatic rings. The third-order valence-electron chi connectivity index (χ3n) is 2.49. The second-order valence-electron chi connectivity index (χ2n) is 3.82. The van der Waals surface area contributed by atoms with E-state index in [4.69, 9.17) is 4.42 Å². The Kier molecular flexibility index (Phi) is 2.96. The average molecular weight is 321 g/mol. The minimum atomic E-state index is -0.374. The largest absolute Gasteiger partial charge is 0.434 e. The monoisotopic (exact) mass is 320 g/mol. The number of benzene rings is 1. The smallest absolute Gasteiger partial charge is 0.326 e. The number of aromatic nitrogens is 2. The highest BCUT2D eigenvalue weighted by Gasteiger charge is 2.06. The number of anilines is 2. The fourth-order valence-corrected chi connectivity index (χ4v) is 1.98. The molecule has 2 aromatic heterocycles. The van der Waals surface area contributed by atoms with Crippen molar-refractivity contribution in [2.24, 2.45) is 0 Å². The number of rotatable bonds is 2. The Bertz CT molecular complexity index is 734. The number of imidazole rings is 1. The molecule has 0 aliphatic carbocycles. The van der Waals surface area contributed by atoms with Crippen LogP contribution in [-0.2, 0) is 0 Å². The number of aromatic amines is 1. The van der Waals surface area contributed by atoms with Gasteiger partial charge in [0.2, 0.25) is 5.88 Å². The molecule has 96 valence electrons. The molecule has 0 bridgehead atoms. The second-order valence-corrected chi connectivity index (χ2v) is 4.60. The third-order valence-corrected chi connectivity index (χ3v) is 2.91. The summed E-state index contributed by atoms with van der Waals surface area (Å²) in [5.74, 6) is 0.368. The number of nitrogens with one attached hydrogen (secondary N) is 3. The van der Waals surface area contributed by atoms with Crippen LogP contribution in [0.5, 0.6) is 0 Å². The lowest BCUT2D eigenvalue weighted by molar-refractivity contribution is 0.261. The molecule has 3 N–H and O–H groups in total. The van der Waals surface area contributed by atoms with Crippen LogP contribution >= 0.6 is 15.9 Å². The van der Waals surface area contributed by atoms with Gasteiger partial charge in [0.1, 0.15) is 0 Å². The first kappa shape index (κ1) is 11.8. The first-order valence-electron chi connectivity index (χ1n) is 5.47. The van der Waals surface area contributed by atoms with Crippen LogP contribution in [-0.4, -0.2) is 16.0 Å². The summed E-state index contributed by atoms with van der Waals surface area (Å²) in [4.78, 5) is 18.8. The summed E-state index contributed by atoms with van der Waals surface area (Å²) in [6.07, 6.45) is 1.61. The molecule has 0 fully saturated rings. The van der Waals surface area contributed by atoms with Crippen molar-refractivity contribution in [2.75, 3.05) is 10.6 Å². The summed E-state index contributed by atoms with van der Waals surface area (Å²) in [5, 5.41) is 5.29. The van der Waals surface area contributed by atoms with Crippen molar-refractivity contribution in [3.05, 3.63) is 41.3 Å². The number of hydrogen-bond donors (Lipinski definition) is 3. The van der Waals surface area contributed by atoms with Gasteiger partial charge >= 0.3 is 6.03 Å². The molecule has 0 atom stereocenters. The standard InChI is InChI=1S/C12H9BrN4O2/c13-10-3-4-11(19-10)17-12(18)16-7-1-2-8-9(5-7)15-6-14-8/h1-6H,(H,14,15)(H2,16,17,18). The van der Waals surface area contributed by atoms with Crippen LogP contribution in [0.15, 0.2) is 45.7 Å². The average Bonchev–Trinajstić information content (AvgIpc) is 2.97. The highest BCUT2D eigenvalue weighted by molar-refractivity contribution is 9.10. The van der Waals surface area contributed by atoms with Gasteiger partial charge in [-0.3, -0.25) is 5.32 Å². The van der Waals surface area contributed by atoms with Gasteiger partial charge in [0.05, 0.1) is 17.4 Å². The van der Waals surface area contributed by atoms with Crippen molar-refractivity contribution in [3.8, 4) is 0 Å². The molecule has 6 nitrogen and oxygen atoms in total. The van der Waals surface area contributed by atoms with Gasteiger partial charge in [0.25, 0.3) is 0 Å². The number of hydrogen-bond acceptors (Lipinski definition) is 3. The summed E-state index contributed by atoms with van der Waals surface area (Å²) < 4.78 is 5.74. The Morgan fingerprint density at radius 2 is 2.16 bits per heavy atom. The number of H-pyrrole nitrogens is 1. The van der Waals surface area contributed by atoms with Crippen LogP contribution in [0.1, 0.15) is 0 Å². The second kappa shape index (κ2) is 4.77. The Balaban J connectivity index is 1.71. The number of amides is 2.